The van der Waals surface area contributed by atoms with Crippen LogP contribution in [-0.4, -0.2) is 36.1 Å². The molecule has 1 N–H and O–H groups in total. The number of carbonyl (C=O) groups is 1. The first-order valence-electron chi connectivity index (χ1n) is 6.17. The number of aromatic nitrogens is 1. The van der Waals surface area contributed by atoms with Crippen LogP contribution in [0.1, 0.15) is 19.8 Å². The number of esters is 1. The first-order valence-corrected chi connectivity index (χ1v) is 6.17. The number of nitro groups is 1. The van der Waals surface area contributed by atoms with Crippen molar-refractivity contribution in [3.05, 3.63) is 22.2 Å². The molecule has 8 heteroatoms. The molecule has 110 valence electrons. The van der Waals surface area contributed by atoms with Gasteiger partial charge in [0.25, 0.3) is 0 Å². The van der Waals surface area contributed by atoms with E-state index in [9.17, 15) is 14.9 Å². The maximum Gasteiger partial charge on any atom is 0.311 e. The van der Waals surface area contributed by atoms with Crippen LogP contribution in [0, 0.1) is 10.1 Å². The molecule has 1 aromatic heterocycles. The van der Waals surface area contributed by atoms with Crippen molar-refractivity contribution < 1.29 is 19.2 Å². The molecule has 0 fully saturated rings. The number of hydrogen-bond donors (Lipinski definition) is 1. The number of nitrogens with one attached hydrogen (secondary N) is 1. The zero-order chi connectivity index (χ0) is 15.0. The Morgan fingerprint density at radius 3 is 2.85 bits per heavy atom. The lowest BCUT2D eigenvalue weighted by molar-refractivity contribution is -0.384. The van der Waals surface area contributed by atoms with E-state index in [0.717, 1.165) is 0 Å². The molecule has 0 aliphatic heterocycles. The van der Waals surface area contributed by atoms with E-state index in [0.29, 0.717) is 19.6 Å². The Bertz CT molecular complexity index is 478. The number of carbonyl (C=O) groups excluding carboxylic acids is 1. The Hall–Kier alpha value is -2.38. The number of hydrogen-bond acceptors (Lipinski definition) is 7. The van der Waals surface area contributed by atoms with Gasteiger partial charge in [-0.25, -0.2) is 0 Å². The molecule has 0 radical (unpaired) electrons. The summed E-state index contributed by atoms with van der Waals surface area (Å²) < 4.78 is 9.70. The zero-order valence-electron chi connectivity index (χ0n) is 11.4. The van der Waals surface area contributed by atoms with Crippen molar-refractivity contribution in [2.75, 3.05) is 25.6 Å². The molecule has 20 heavy (non-hydrogen) atoms. The van der Waals surface area contributed by atoms with Gasteiger partial charge in [0, 0.05) is 25.1 Å². The van der Waals surface area contributed by atoms with Gasteiger partial charge in [0.1, 0.15) is 0 Å². The summed E-state index contributed by atoms with van der Waals surface area (Å²) in [5.74, 6) is 0.115. The predicted molar refractivity (Wildman–Crippen MR) is 71.8 cm³/mol. The molecule has 8 nitrogen and oxygen atoms in total. The minimum Gasteiger partial charge on any atom is -0.481 e. The first-order chi connectivity index (χ1) is 9.58. The highest BCUT2D eigenvalue weighted by Crippen LogP contribution is 2.24. The summed E-state index contributed by atoms with van der Waals surface area (Å²) in [7, 11) is 1.43. The normalized spacial score (nSPS) is 9.90. The molecule has 0 bridgehead atoms. The fourth-order valence-electron chi connectivity index (χ4n) is 1.50. The number of nitrogens with zero attached hydrogens (tertiary/aromatic N) is 2. The Labute approximate surface area is 116 Å². The molecule has 1 aromatic rings. The Kier molecular flexibility index (Phi) is 6.21. The standard InChI is InChI=1S/C12H17N3O5/c1-3-20-11(16)5-4-8-13-12-9(15(17)18)6-7-10(14-12)19-2/h6-7H,3-5,8H2,1-2H3,(H,13,14). The third-order valence-electron chi connectivity index (χ3n) is 2.41. The van der Waals surface area contributed by atoms with Gasteiger partial charge in [0.2, 0.25) is 11.7 Å². The third-order valence-corrected chi connectivity index (χ3v) is 2.41. The first kappa shape index (κ1) is 15.7. The van der Waals surface area contributed by atoms with Crippen molar-refractivity contribution in [2.45, 2.75) is 19.8 Å². The Balaban J connectivity index is 2.57. The topological polar surface area (TPSA) is 104 Å². The molecule has 0 aliphatic rings. The summed E-state index contributed by atoms with van der Waals surface area (Å²) in [5, 5.41) is 13.7. The summed E-state index contributed by atoms with van der Waals surface area (Å²) in [5.41, 5.74) is -0.137. The van der Waals surface area contributed by atoms with E-state index < -0.39 is 4.92 Å². The quantitative estimate of drug-likeness (QED) is 0.335. The minimum atomic E-state index is -0.528. The van der Waals surface area contributed by atoms with E-state index in [1.54, 1.807) is 6.92 Å². The summed E-state index contributed by atoms with van der Waals surface area (Å²) in [6.45, 7) is 2.45. The van der Waals surface area contributed by atoms with Crippen LogP contribution in [0.3, 0.4) is 0 Å². The summed E-state index contributed by atoms with van der Waals surface area (Å²) in [6.07, 6.45) is 0.744. The van der Waals surface area contributed by atoms with Crippen molar-refractivity contribution in [1.82, 2.24) is 4.98 Å². The average Bonchev–Trinajstić information content (AvgIpc) is 2.43. The summed E-state index contributed by atoms with van der Waals surface area (Å²) >= 11 is 0. The van der Waals surface area contributed by atoms with Gasteiger partial charge in [0.05, 0.1) is 18.6 Å². The van der Waals surface area contributed by atoms with Crippen LogP contribution in [0.4, 0.5) is 11.5 Å². The maximum absolute atomic E-state index is 11.1. The smallest absolute Gasteiger partial charge is 0.311 e. The maximum atomic E-state index is 11.1. The van der Waals surface area contributed by atoms with Gasteiger partial charge >= 0.3 is 11.7 Å². The van der Waals surface area contributed by atoms with Gasteiger partial charge in [-0.3, -0.25) is 14.9 Å². The highest BCUT2D eigenvalue weighted by atomic mass is 16.6. The van der Waals surface area contributed by atoms with Crippen LogP contribution >= 0.6 is 0 Å². The van der Waals surface area contributed by atoms with E-state index >= 15 is 0 Å². The van der Waals surface area contributed by atoms with Gasteiger partial charge in [0.15, 0.2) is 0 Å². The number of anilines is 1. The lowest BCUT2D eigenvalue weighted by Crippen LogP contribution is -2.10. The van der Waals surface area contributed by atoms with Crippen molar-refractivity contribution >= 4 is 17.5 Å². The van der Waals surface area contributed by atoms with E-state index in [-0.39, 0.29) is 29.8 Å². The van der Waals surface area contributed by atoms with Crippen LogP contribution in [0.5, 0.6) is 5.88 Å². The predicted octanol–water partition coefficient (Wildman–Crippen LogP) is 1.75. The fourth-order valence-corrected chi connectivity index (χ4v) is 1.50. The molecule has 0 spiro atoms. The van der Waals surface area contributed by atoms with E-state index in [4.69, 9.17) is 9.47 Å². The van der Waals surface area contributed by atoms with Gasteiger partial charge in [-0.2, -0.15) is 4.98 Å². The molecule has 1 rings (SSSR count). The van der Waals surface area contributed by atoms with Crippen LogP contribution in [-0.2, 0) is 9.53 Å². The van der Waals surface area contributed by atoms with E-state index in [2.05, 4.69) is 10.3 Å². The van der Waals surface area contributed by atoms with E-state index in [1.807, 2.05) is 0 Å². The van der Waals surface area contributed by atoms with Gasteiger partial charge in [-0.05, 0) is 13.3 Å². The number of rotatable bonds is 8. The number of pyridine rings is 1. The lowest BCUT2D eigenvalue weighted by Gasteiger charge is -2.07. The van der Waals surface area contributed by atoms with E-state index in [1.165, 1.54) is 19.2 Å². The highest BCUT2D eigenvalue weighted by molar-refractivity contribution is 5.69. The van der Waals surface area contributed by atoms with Crippen molar-refractivity contribution in [3.8, 4) is 5.88 Å². The minimum absolute atomic E-state index is 0.123. The van der Waals surface area contributed by atoms with Crippen LogP contribution in [0.25, 0.3) is 0 Å². The second-order valence-corrected chi connectivity index (χ2v) is 3.81. The number of methoxy groups -OCH3 is 1. The van der Waals surface area contributed by atoms with Crippen LogP contribution < -0.4 is 10.1 Å². The van der Waals surface area contributed by atoms with Crippen molar-refractivity contribution in [3.63, 3.8) is 0 Å². The number of ether oxygens (including phenoxy) is 2. The molecular formula is C12H17N3O5. The van der Waals surface area contributed by atoms with Gasteiger partial charge in [-0.15, -0.1) is 0 Å². The molecule has 0 atom stereocenters. The van der Waals surface area contributed by atoms with Gasteiger partial charge < -0.3 is 14.8 Å². The zero-order valence-corrected chi connectivity index (χ0v) is 11.4. The van der Waals surface area contributed by atoms with Crippen LogP contribution in [0.2, 0.25) is 0 Å². The molecule has 0 aromatic carbocycles. The lowest BCUT2D eigenvalue weighted by atomic mass is 10.3. The molecule has 0 amide bonds. The van der Waals surface area contributed by atoms with Gasteiger partial charge in [-0.1, -0.05) is 0 Å². The third kappa shape index (κ3) is 4.71. The highest BCUT2D eigenvalue weighted by Gasteiger charge is 2.16. The summed E-state index contributed by atoms with van der Waals surface area (Å²) in [6, 6.07) is 2.74. The Morgan fingerprint density at radius 2 is 2.25 bits per heavy atom. The largest absolute Gasteiger partial charge is 0.481 e. The second kappa shape index (κ2) is 7.93. The molecular weight excluding hydrogens is 266 g/mol. The monoisotopic (exact) mass is 283 g/mol. The SMILES string of the molecule is CCOC(=O)CCCNc1nc(OC)ccc1[N+](=O)[O-]. The molecule has 0 aliphatic carbocycles. The Morgan fingerprint density at radius 1 is 1.50 bits per heavy atom. The molecule has 0 unspecified atom stereocenters. The second-order valence-electron chi connectivity index (χ2n) is 3.81. The fraction of sp³-hybridized carbons (Fsp3) is 0.500. The van der Waals surface area contributed by atoms with Crippen LogP contribution in [0.15, 0.2) is 12.1 Å². The summed E-state index contributed by atoms with van der Waals surface area (Å²) in [4.78, 5) is 25.4. The molecule has 0 saturated carbocycles. The van der Waals surface area contributed by atoms with Crippen molar-refractivity contribution in [2.24, 2.45) is 0 Å². The average molecular weight is 283 g/mol. The van der Waals surface area contributed by atoms with Crippen molar-refractivity contribution in [1.29, 1.82) is 0 Å². The molecule has 1 heterocycles. The molecule has 0 saturated heterocycles.